The molecule has 1 N–H and O–H groups in total. The van der Waals surface area contributed by atoms with E-state index in [4.69, 9.17) is 4.74 Å². The first kappa shape index (κ1) is 24.1. The van der Waals surface area contributed by atoms with Gasteiger partial charge in [0.2, 0.25) is 0 Å². The van der Waals surface area contributed by atoms with Crippen LogP contribution in [0.3, 0.4) is 0 Å². The molecule has 7 heteroatoms. The van der Waals surface area contributed by atoms with Crippen molar-refractivity contribution in [1.82, 2.24) is 9.80 Å². The molecule has 1 amide bonds. The number of hydrogen-bond donors (Lipinski definition) is 1. The number of carbonyl (C=O) groups is 2. The Labute approximate surface area is 199 Å². The molecule has 0 bridgehead atoms. The number of nitrogens with zero attached hydrogens (tertiary/aromatic N) is 2. The van der Waals surface area contributed by atoms with Gasteiger partial charge in [-0.1, -0.05) is 38.1 Å². The molecule has 0 radical (unpaired) electrons. The predicted octanol–water partition coefficient (Wildman–Crippen LogP) is 4.09. The van der Waals surface area contributed by atoms with Crippen molar-refractivity contribution >= 4 is 17.4 Å². The zero-order valence-electron chi connectivity index (χ0n) is 19.7. The molecule has 0 aliphatic carbocycles. The number of likely N-dealkylation sites (tertiary alicyclic amines) is 1. The van der Waals surface area contributed by atoms with Crippen LogP contribution >= 0.6 is 0 Å². The SMILES string of the molecule is CC(C)c1ccc(C2C(=C(O)c3ccc(F)cc3)C(=O)C(=O)N2CCCN2CCOCC2)cc1. The van der Waals surface area contributed by atoms with E-state index in [2.05, 4.69) is 18.7 Å². The summed E-state index contributed by atoms with van der Waals surface area (Å²) in [5, 5.41) is 11.1. The van der Waals surface area contributed by atoms with Crippen LogP contribution in [0, 0.1) is 5.82 Å². The minimum absolute atomic E-state index is 0.0419. The number of Topliss-reactive ketones (excluding diaryl/α,β-unsaturated/α-hetero) is 1. The number of ether oxygens (including phenoxy) is 1. The summed E-state index contributed by atoms with van der Waals surface area (Å²) >= 11 is 0. The van der Waals surface area contributed by atoms with E-state index in [0.717, 1.165) is 30.8 Å². The molecular weight excluding hydrogens is 435 g/mol. The fourth-order valence-corrected chi connectivity index (χ4v) is 4.57. The van der Waals surface area contributed by atoms with Gasteiger partial charge < -0.3 is 14.7 Å². The highest BCUT2D eigenvalue weighted by atomic mass is 19.1. The van der Waals surface area contributed by atoms with Gasteiger partial charge in [-0.15, -0.1) is 0 Å². The van der Waals surface area contributed by atoms with Gasteiger partial charge in [0.25, 0.3) is 11.7 Å². The van der Waals surface area contributed by atoms with Crippen molar-refractivity contribution in [1.29, 1.82) is 0 Å². The molecule has 180 valence electrons. The molecule has 0 aromatic heterocycles. The fourth-order valence-electron chi connectivity index (χ4n) is 4.57. The highest BCUT2D eigenvalue weighted by Gasteiger charge is 2.45. The smallest absolute Gasteiger partial charge is 0.295 e. The van der Waals surface area contributed by atoms with Gasteiger partial charge in [0.1, 0.15) is 11.6 Å². The van der Waals surface area contributed by atoms with E-state index in [-0.39, 0.29) is 11.3 Å². The Kier molecular flexibility index (Phi) is 7.44. The van der Waals surface area contributed by atoms with Gasteiger partial charge in [-0.3, -0.25) is 14.5 Å². The molecule has 1 atom stereocenters. The Bertz CT molecular complexity index is 1060. The molecule has 2 fully saturated rings. The minimum atomic E-state index is -0.717. The lowest BCUT2D eigenvalue weighted by molar-refractivity contribution is -0.140. The fraction of sp³-hybridized carbons (Fsp3) is 0.407. The van der Waals surface area contributed by atoms with E-state index < -0.39 is 23.5 Å². The standard InChI is InChI=1S/C27H31FN2O4/c1-18(2)19-4-6-20(7-5-19)24-23(25(31)21-8-10-22(28)11-9-21)26(32)27(33)30(24)13-3-12-29-14-16-34-17-15-29/h4-11,18,24,31H,3,12-17H2,1-2H3. The number of rotatable bonds is 7. The summed E-state index contributed by atoms with van der Waals surface area (Å²) < 4.78 is 18.8. The van der Waals surface area contributed by atoms with Crippen LogP contribution in [0.2, 0.25) is 0 Å². The topological polar surface area (TPSA) is 70.1 Å². The summed E-state index contributed by atoms with van der Waals surface area (Å²) in [4.78, 5) is 30.0. The number of morpholine rings is 1. The second kappa shape index (κ2) is 10.5. The number of ketones is 1. The van der Waals surface area contributed by atoms with Crippen molar-refractivity contribution in [3.63, 3.8) is 0 Å². The number of amides is 1. The number of aliphatic hydroxyl groups excluding tert-OH is 1. The minimum Gasteiger partial charge on any atom is -0.507 e. The first-order valence-electron chi connectivity index (χ1n) is 11.8. The Hall–Kier alpha value is -3.03. The summed E-state index contributed by atoms with van der Waals surface area (Å²) in [6.45, 7) is 8.48. The van der Waals surface area contributed by atoms with Crippen molar-refractivity contribution in [2.45, 2.75) is 32.2 Å². The summed E-state index contributed by atoms with van der Waals surface area (Å²) in [5.74, 6) is -1.73. The maximum absolute atomic E-state index is 13.4. The Morgan fingerprint density at radius 1 is 1.03 bits per heavy atom. The maximum Gasteiger partial charge on any atom is 0.295 e. The van der Waals surface area contributed by atoms with Crippen molar-refractivity contribution in [2.75, 3.05) is 39.4 Å². The molecule has 34 heavy (non-hydrogen) atoms. The second-order valence-electron chi connectivity index (χ2n) is 9.13. The van der Waals surface area contributed by atoms with Gasteiger partial charge in [0.15, 0.2) is 0 Å². The third-order valence-electron chi connectivity index (χ3n) is 6.55. The van der Waals surface area contributed by atoms with Crippen molar-refractivity contribution in [2.24, 2.45) is 0 Å². The predicted molar refractivity (Wildman–Crippen MR) is 128 cm³/mol. The lowest BCUT2D eigenvalue weighted by Gasteiger charge is -2.29. The van der Waals surface area contributed by atoms with Crippen LogP contribution in [0.25, 0.3) is 5.76 Å². The molecule has 2 aromatic carbocycles. The highest BCUT2D eigenvalue weighted by Crippen LogP contribution is 2.39. The van der Waals surface area contributed by atoms with Crippen molar-refractivity contribution < 1.29 is 23.8 Å². The summed E-state index contributed by atoms with van der Waals surface area (Å²) in [5.41, 5.74) is 2.25. The molecular formula is C27H31FN2O4. The quantitative estimate of drug-likeness (QED) is 0.378. The summed E-state index contributed by atoms with van der Waals surface area (Å²) in [6, 6.07) is 12.4. The summed E-state index contributed by atoms with van der Waals surface area (Å²) in [7, 11) is 0. The Morgan fingerprint density at radius 3 is 2.29 bits per heavy atom. The molecule has 0 saturated carbocycles. The molecule has 2 aliphatic heterocycles. The van der Waals surface area contributed by atoms with Gasteiger partial charge in [-0.2, -0.15) is 0 Å². The third kappa shape index (κ3) is 5.05. The van der Waals surface area contributed by atoms with Crippen LogP contribution in [0.1, 0.15) is 48.9 Å². The van der Waals surface area contributed by atoms with E-state index >= 15 is 0 Å². The van der Waals surface area contributed by atoms with Gasteiger partial charge in [-0.05, 0) is 47.7 Å². The number of hydrogen-bond acceptors (Lipinski definition) is 5. The first-order chi connectivity index (χ1) is 16.4. The largest absolute Gasteiger partial charge is 0.507 e. The molecule has 4 rings (SSSR count). The van der Waals surface area contributed by atoms with Crippen molar-refractivity contribution in [3.8, 4) is 0 Å². The van der Waals surface area contributed by atoms with Crippen LogP contribution in [-0.2, 0) is 14.3 Å². The van der Waals surface area contributed by atoms with Crippen LogP contribution in [0.15, 0.2) is 54.1 Å². The molecule has 1 unspecified atom stereocenters. The van der Waals surface area contributed by atoms with Crippen LogP contribution in [0.4, 0.5) is 4.39 Å². The van der Waals surface area contributed by atoms with Gasteiger partial charge in [-0.25, -0.2) is 4.39 Å². The zero-order chi connectivity index (χ0) is 24.2. The molecule has 2 aliphatic rings. The third-order valence-corrected chi connectivity index (χ3v) is 6.55. The van der Waals surface area contributed by atoms with Crippen LogP contribution < -0.4 is 0 Å². The molecule has 6 nitrogen and oxygen atoms in total. The number of halogens is 1. The first-order valence-corrected chi connectivity index (χ1v) is 11.8. The van der Waals surface area contributed by atoms with E-state index in [9.17, 15) is 19.1 Å². The normalized spacial score (nSPS) is 20.9. The van der Waals surface area contributed by atoms with E-state index in [1.54, 1.807) is 4.90 Å². The van der Waals surface area contributed by atoms with Gasteiger partial charge in [0.05, 0.1) is 24.8 Å². The Morgan fingerprint density at radius 2 is 1.68 bits per heavy atom. The van der Waals surface area contributed by atoms with Crippen molar-refractivity contribution in [3.05, 3.63) is 76.6 Å². The van der Waals surface area contributed by atoms with E-state index in [0.29, 0.717) is 37.7 Å². The molecule has 2 aromatic rings. The zero-order valence-corrected chi connectivity index (χ0v) is 19.7. The lowest BCUT2D eigenvalue weighted by Crippen LogP contribution is -2.38. The van der Waals surface area contributed by atoms with E-state index in [1.807, 2.05) is 24.3 Å². The number of carbonyl (C=O) groups excluding carboxylic acids is 2. The summed E-state index contributed by atoms with van der Waals surface area (Å²) in [6.07, 6.45) is 0.699. The average molecular weight is 467 g/mol. The number of aliphatic hydroxyl groups is 1. The van der Waals surface area contributed by atoms with E-state index in [1.165, 1.54) is 24.3 Å². The lowest BCUT2D eigenvalue weighted by atomic mass is 9.93. The van der Waals surface area contributed by atoms with Crippen LogP contribution in [-0.4, -0.2) is 66.0 Å². The molecule has 0 spiro atoms. The van der Waals surface area contributed by atoms with Gasteiger partial charge in [0, 0.05) is 31.7 Å². The molecule has 2 heterocycles. The Balaban J connectivity index is 1.67. The number of benzene rings is 2. The monoisotopic (exact) mass is 466 g/mol. The maximum atomic E-state index is 13.4. The second-order valence-corrected chi connectivity index (χ2v) is 9.13. The molecule has 2 saturated heterocycles. The van der Waals surface area contributed by atoms with Gasteiger partial charge >= 0.3 is 0 Å². The van der Waals surface area contributed by atoms with Crippen LogP contribution in [0.5, 0.6) is 0 Å². The average Bonchev–Trinajstić information content (AvgIpc) is 3.10. The highest BCUT2D eigenvalue weighted by molar-refractivity contribution is 6.46.